The van der Waals surface area contributed by atoms with E-state index in [9.17, 15) is 4.79 Å². The van der Waals surface area contributed by atoms with Crippen molar-refractivity contribution in [3.63, 3.8) is 0 Å². The third-order valence-electron chi connectivity index (χ3n) is 3.80. The molecule has 0 aliphatic heterocycles. The molecule has 0 spiro atoms. The summed E-state index contributed by atoms with van der Waals surface area (Å²) in [6.07, 6.45) is 1.60. The van der Waals surface area contributed by atoms with Gasteiger partial charge in [-0.25, -0.2) is 0 Å². The van der Waals surface area contributed by atoms with Gasteiger partial charge in [0.25, 0.3) is 5.91 Å². The van der Waals surface area contributed by atoms with Gasteiger partial charge in [0, 0.05) is 24.5 Å². The van der Waals surface area contributed by atoms with E-state index in [1.165, 1.54) is 5.69 Å². The number of oxime groups is 1. The van der Waals surface area contributed by atoms with Crippen molar-refractivity contribution in [2.45, 2.75) is 20.8 Å². The van der Waals surface area contributed by atoms with Crippen LogP contribution < -0.4 is 10.2 Å². The summed E-state index contributed by atoms with van der Waals surface area (Å²) < 4.78 is 0. The van der Waals surface area contributed by atoms with Crippen molar-refractivity contribution in [2.75, 3.05) is 29.9 Å². The van der Waals surface area contributed by atoms with Crippen molar-refractivity contribution < 1.29 is 9.63 Å². The van der Waals surface area contributed by atoms with Gasteiger partial charge in [-0.3, -0.25) is 4.79 Å². The summed E-state index contributed by atoms with van der Waals surface area (Å²) in [5, 5.41) is 6.63. The molecule has 2 aromatic carbocycles. The molecule has 1 N–H and O–H groups in total. The van der Waals surface area contributed by atoms with Crippen LogP contribution in [0.4, 0.5) is 11.4 Å². The SMILES string of the molecule is CCN(CC)c1ccc(C=NOCC(=O)Nc2cccc(C)c2)cc1. The maximum Gasteiger partial charge on any atom is 0.265 e. The molecule has 0 fully saturated rings. The van der Waals surface area contributed by atoms with Gasteiger partial charge in [-0.2, -0.15) is 0 Å². The van der Waals surface area contributed by atoms with Crippen LogP contribution in [0.1, 0.15) is 25.0 Å². The number of anilines is 2. The molecular weight excluding hydrogens is 314 g/mol. The van der Waals surface area contributed by atoms with E-state index in [0.29, 0.717) is 0 Å². The van der Waals surface area contributed by atoms with Crippen LogP contribution in [0.3, 0.4) is 0 Å². The smallest absolute Gasteiger partial charge is 0.265 e. The molecule has 0 aliphatic rings. The highest BCUT2D eigenvalue weighted by molar-refractivity contribution is 5.91. The molecule has 0 unspecified atom stereocenters. The molecule has 132 valence electrons. The second-order valence-electron chi connectivity index (χ2n) is 5.69. The normalized spacial score (nSPS) is 10.7. The fourth-order valence-corrected chi connectivity index (χ4v) is 2.47. The van der Waals surface area contributed by atoms with E-state index in [4.69, 9.17) is 4.84 Å². The lowest BCUT2D eigenvalue weighted by Gasteiger charge is -2.20. The van der Waals surface area contributed by atoms with Gasteiger partial charge in [-0.1, -0.05) is 29.4 Å². The van der Waals surface area contributed by atoms with Crippen molar-refractivity contribution in [3.8, 4) is 0 Å². The summed E-state index contributed by atoms with van der Waals surface area (Å²) in [4.78, 5) is 19.1. The van der Waals surface area contributed by atoms with Crippen LogP contribution >= 0.6 is 0 Å². The van der Waals surface area contributed by atoms with Crippen molar-refractivity contribution in [1.29, 1.82) is 0 Å². The van der Waals surface area contributed by atoms with Gasteiger partial charge >= 0.3 is 0 Å². The molecule has 2 rings (SSSR count). The molecule has 5 nitrogen and oxygen atoms in total. The molecule has 0 saturated carbocycles. The van der Waals surface area contributed by atoms with Crippen molar-refractivity contribution in [2.24, 2.45) is 5.16 Å². The molecule has 0 radical (unpaired) electrons. The van der Waals surface area contributed by atoms with Crippen LogP contribution in [0, 0.1) is 6.92 Å². The lowest BCUT2D eigenvalue weighted by Crippen LogP contribution is -2.21. The van der Waals surface area contributed by atoms with E-state index in [1.54, 1.807) is 6.21 Å². The number of benzene rings is 2. The third kappa shape index (κ3) is 5.95. The Kier molecular flexibility index (Phi) is 7.01. The molecule has 5 heteroatoms. The first-order valence-electron chi connectivity index (χ1n) is 8.49. The average molecular weight is 339 g/mol. The van der Waals surface area contributed by atoms with Crippen molar-refractivity contribution in [3.05, 3.63) is 59.7 Å². The Morgan fingerprint density at radius 1 is 1.16 bits per heavy atom. The summed E-state index contributed by atoms with van der Waals surface area (Å²) in [6, 6.07) is 15.7. The van der Waals surface area contributed by atoms with E-state index in [0.717, 1.165) is 29.9 Å². The minimum absolute atomic E-state index is 0.123. The number of amides is 1. The topological polar surface area (TPSA) is 53.9 Å². The monoisotopic (exact) mass is 339 g/mol. The summed E-state index contributed by atoms with van der Waals surface area (Å²) in [6.45, 7) is 8.07. The standard InChI is InChI=1S/C20H25N3O2/c1-4-23(5-2)19-11-9-17(10-12-19)14-21-25-15-20(24)22-18-8-6-7-16(3)13-18/h6-14H,4-5,15H2,1-3H3,(H,22,24). The van der Waals surface area contributed by atoms with Crippen LogP contribution in [-0.4, -0.2) is 31.8 Å². The Morgan fingerprint density at radius 3 is 2.52 bits per heavy atom. The zero-order valence-corrected chi connectivity index (χ0v) is 15.0. The Hall–Kier alpha value is -2.82. The molecule has 25 heavy (non-hydrogen) atoms. The molecule has 0 atom stereocenters. The number of rotatable bonds is 8. The van der Waals surface area contributed by atoms with Crippen LogP contribution in [0.15, 0.2) is 53.7 Å². The van der Waals surface area contributed by atoms with E-state index < -0.39 is 0 Å². The number of nitrogens with zero attached hydrogens (tertiary/aromatic N) is 2. The number of aryl methyl sites for hydroxylation is 1. The van der Waals surface area contributed by atoms with E-state index in [2.05, 4.69) is 41.4 Å². The van der Waals surface area contributed by atoms with Gasteiger partial charge in [0.2, 0.25) is 0 Å². The Bertz CT molecular complexity index is 707. The maximum absolute atomic E-state index is 11.8. The van der Waals surface area contributed by atoms with Gasteiger partial charge in [0.1, 0.15) is 0 Å². The first-order valence-corrected chi connectivity index (χ1v) is 8.49. The minimum atomic E-state index is -0.236. The molecular formula is C20H25N3O2. The third-order valence-corrected chi connectivity index (χ3v) is 3.80. The predicted octanol–water partition coefficient (Wildman–Crippen LogP) is 3.83. The van der Waals surface area contributed by atoms with Gasteiger partial charge in [0.05, 0.1) is 6.21 Å². The van der Waals surface area contributed by atoms with Gasteiger partial charge < -0.3 is 15.1 Å². The maximum atomic E-state index is 11.8. The van der Waals surface area contributed by atoms with E-state index in [-0.39, 0.29) is 12.5 Å². The Labute approximate surface area is 149 Å². The largest absolute Gasteiger partial charge is 0.386 e. The summed E-state index contributed by atoms with van der Waals surface area (Å²) >= 11 is 0. The molecule has 0 bridgehead atoms. The number of hydrogen-bond acceptors (Lipinski definition) is 4. The van der Waals surface area contributed by atoms with Crippen LogP contribution in [-0.2, 0) is 9.63 Å². The van der Waals surface area contributed by atoms with Gasteiger partial charge in [-0.15, -0.1) is 0 Å². The molecule has 1 amide bonds. The van der Waals surface area contributed by atoms with Crippen LogP contribution in [0.5, 0.6) is 0 Å². The van der Waals surface area contributed by atoms with E-state index in [1.807, 2.05) is 43.3 Å². The number of nitrogens with one attached hydrogen (secondary N) is 1. The fraction of sp³-hybridized carbons (Fsp3) is 0.300. The molecule has 0 aliphatic carbocycles. The summed E-state index contributed by atoms with van der Waals surface area (Å²) in [7, 11) is 0. The molecule has 0 aromatic heterocycles. The second kappa shape index (κ2) is 9.47. The zero-order valence-electron chi connectivity index (χ0n) is 15.0. The van der Waals surface area contributed by atoms with Gasteiger partial charge in [0.15, 0.2) is 6.61 Å². The highest BCUT2D eigenvalue weighted by Gasteiger charge is 2.03. The quantitative estimate of drug-likeness (QED) is 0.587. The van der Waals surface area contributed by atoms with E-state index >= 15 is 0 Å². The first kappa shape index (κ1) is 18.5. The average Bonchev–Trinajstić information content (AvgIpc) is 2.61. The minimum Gasteiger partial charge on any atom is -0.386 e. The predicted molar refractivity (Wildman–Crippen MR) is 103 cm³/mol. The molecule has 0 saturated heterocycles. The van der Waals surface area contributed by atoms with Crippen LogP contribution in [0.25, 0.3) is 0 Å². The highest BCUT2D eigenvalue weighted by atomic mass is 16.6. The Balaban J connectivity index is 1.79. The zero-order chi connectivity index (χ0) is 18.1. The first-order chi connectivity index (χ1) is 12.1. The molecule has 0 heterocycles. The number of carbonyl (C=O) groups is 1. The lowest BCUT2D eigenvalue weighted by atomic mass is 10.2. The summed E-state index contributed by atoms with van der Waals surface area (Å²) in [5.41, 5.74) is 3.95. The Morgan fingerprint density at radius 2 is 1.88 bits per heavy atom. The second-order valence-corrected chi connectivity index (χ2v) is 5.69. The number of hydrogen-bond donors (Lipinski definition) is 1. The van der Waals surface area contributed by atoms with Crippen molar-refractivity contribution >= 4 is 23.5 Å². The summed E-state index contributed by atoms with van der Waals surface area (Å²) in [5.74, 6) is -0.236. The number of carbonyl (C=O) groups excluding carboxylic acids is 1. The van der Waals surface area contributed by atoms with Crippen LogP contribution in [0.2, 0.25) is 0 Å². The van der Waals surface area contributed by atoms with Crippen molar-refractivity contribution in [1.82, 2.24) is 0 Å². The fourth-order valence-electron chi connectivity index (χ4n) is 2.47. The highest BCUT2D eigenvalue weighted by Crippen LogP contribution is 2.14. The molecule has 2 aromatic rings. The lowest BCUT2D eigenvalue weighted by molar-refractivity contribution is -0.120. The van der Waals surface area contributed by atoms with Gasteiger partial charge in [-0.05, 0) is 56.2 Å².